The summed E-state index contributed by atoms with van der Waals surface area (Å²) < 4.78 is 12.4. The molecule has 4 heteroatoms. The van der Waals surface area contributed by atoms with Crippen LogP contribution in [0.3, 0.4) is 0 Å². The molecule has 7 atom stereocenters. The van der Waals surface area contributed by atoms with Gasteiger partial charge in [0.25, 0.3) is 0 Å². The molecular weight excluding hydrogens is 266 g/mol. The fourth-order valence-corrected chi connectivity index (χ4v) is 6.97. The minimum Gasteiger partial charge on any atom is -0.457 e. The van der Waals surface area contributed by atoms with Gasteiger partial charge in [-0.1, -0.05) is 20.8 Å². The smallest absolute Gasteiger partial charge is 0.310 e. The molecule has 2 aliphatic carbocycles. The number of ether oxygens (including phenoxy) is 2. The number of rotatable bonds is 1. The van der Waals surface area contributed by atoms with Crippen molar-refractivity contribution in [2.45, 2.75) is 45.4 Å². The summed E-state index contributed by atoms with van der Waals surface area (Å²) in [6, 6.07) is 0. The third-order valence-electron chi connectivity index (χ3n) is 7.68. The lowest BCUT2D eigenvalue weighted by Gasteiger charge is -2.55. The normalized spacial score (nSPS) is 57.7. The topological polar surface area (TPSA) is 38.8 Å². The average Bonchev–Trinajstić information content (AvgIpc) is 3.09. The molecule has 5 fully saturated rings. The van der Waals surface area contributed by atoms with Gasteiger partial charge in [0.1, 0.15) is 6.10 Å². The molecule has 5 aliphatic rings. The quantitative estimate of drug-likeness (QED) is 0.692. The number of hydrogen-bond donors (Lipinski definition) is 0. The number of carbonyl (C=O) groups is 1. The van der Waals surface area contributed by atoms with Crippen molar-refractivity contribution in [2.75, 3.05) is 19.7 Å². The fourth-order valence-electron chi connectivity index (χ4n) is 6.97. The molecule has 2 bridgehead atoms. The molecule has 2 saturated carbocycles. The average molecular weight is 291 g/mol. The minimum absolute atomic E-state index is 0.0538. The van der Waals surface area contributed by atoms with Crippen LogP contribution >= 0.6 is 0 Å². The Morgan fingerprint density at radius 2 is 2.14 bits per heavy atom. The molecule has 21 heavy (non-hydrogen) atoms. The molecule has 3 heterocycles. The van der Waals surface area contributed by atoms with Gasteiger partial charge in [-0.2, -0.15) is 0 Å². The Hall–Kier alpha value is -0.610. The number of esters is 1. The van der Waals surface area contributed by atoms with Crippen LogP contribution in [-0.4, -0.2) is 42.4 Å². The molecule has 4 nitrogen and oxygen atoms in total. The van der Waals surface area contributed by atoms with Crippen LogP contribution in [-0.2, 0) is 14.3 Å². The van der Waals surface area contributed by atoms with Crippen LogP contribution in [0.5, 0.6) is 0 Å². The highest BCUT2D eigenvalue weighted by Gasteiger charge is 2.81. The molecule has 116 valence electrons. The lowest BCUT2D eigenvalue weighted by molar-refractivity contribution is -0.240. The largest absolute Gasteiger partial charge is 0.457 e. The van der Waals surface area contributed by atoms with E-state index in [1.807, 2.05) is 0 Å². The van der Waals surface area contributed by atoms with E-state index in [9.17, 15) is 4.79 Å². The SMILES string of the molecule is CC(C)[C@H]1[C@H]2C(=O)O[C@H]1[C@@]13OCCN1C[C@H]1CC[C@@H]2[C@]13C. The van der Waals surface area contributed by atoms with Crippen LogP contribution in [0, 0.1) is 35.0 Å². The predicted octanol–water partition coefficient (Wildman–Crippen LogP) is 1.89. The summed E-state index contributed by atoms with van der Waals surface area (Å²) in [7, 11) is 0. The van der Waals surface area contributed by atoms with Gasteiger partial charge < -0.3 is 9.47 Å². The zero-order valence-corrected chi connectivity index (χ0v) is 13.2. The Morgan fingerprint density at radius 3 is 2.90 bits per heavy atom. The van der Waals surface area contributed by atoms with Crippen molar-refractivity contribution in [3.63, 3.8) is 0 Å². The second kappa shape index (κ2) is 3.65. The highest BCUT2D eigenvalue weighted by Crippen LogP contribution is 2.72. The Bertz CT molecular complexity index is 520. The highest BCUT2D eigenvalue weighted by molar-refractivity contribution is 5.77. The molecule has 1 spiro atoms. The zero-order chi connectivity index (χ0) is 14.6. The van der Waals surface area contributed by atoms with Crippen molar-refractivity contribution in [1.82, 2.24) is 4.90 Å². The number of fused-ring (bicyclic) bond motifs is 3. The van der Waals surface area contributed by atoms with Gasteiger partial charge in [0.15, 0.2) is 5.72 Å². The number of carbonyl (C=O) groups excluding carboxylic acids is 1. The molecule has 3 aliphatic heterocycles. The van der Waals surface area contributed by atoms with E-state index in [1.54, 1.807) is 0 Å². The number of nitrogens with zero attached hydrogens (tertiary/aromatic N) is 1. The Balaban J connectivity index is 1.75. The number of hydrogen-bond acceptors (Lipinski definition) is 4. The molecule has 3 saturated heterocycles. The molecule has 0 N–H and O–H groups in total. The summed E-state index contributed by atoms with van der Waals surface area (Å²) >= 11 is 0. The molecule has 0 aromatic rings. The maximum absolute atomic E-state index is 12.6. The van der Waals surface area contributed by atoms with E-state index in [4.69, 9.17) is 9.47 Å². The van der Waals surface area contributed by atoms with Gasteiger partial charge in [0.05, 0.1) is 12.5 Å². The second-order valence-corrected chi connectivity index (χ2v) is 8.36. The molecule has 0 aromatic heterocycles. The van der Waals surface area contributed by atoms with Gasteiger partial charge in [-0.15, -0.1) is 0 Å². The van der Waals surface area contributed by atoms with Gasteiger partial charge in [-0.3, -0.25) is 9.69 Å². The first-order valence-corrected chi connectivity index (χ1v) is 8.61. The van der Waals surface area contributed by atoms with E-state index in [0.29, 0.717) is 23.7 Å². The third kappa shape index (κ3) is 1.12. The van der Waals surface area contributed by atoms with Crippen molar-refractivity contribution >= 4 is 5.97 Å². The monoisotopic (exact) mass is 291 g/mol. The summed E-state index contributed by atoms with van der Waals surface area (Å²) in [5, 5.41) is 0. The van der Waals surface area contributed by atoms with E-state index in [-0.39, 0.29) is 29.1 Å². The molecule has 0 amide bonds. The van der Waals surface area contributed by atoms with Crippen molar-refractivity contribution in [2.24, 2.45) is 35.0 Å². The van der Waals surface area contributed by atoms with Crippen LogP contribution in [0.4, 0.5) is 0 Å². The fraction of sp³-hybridized carbons (Fsp3) is 0.941. The Kier molecular flexibility index (Phi) is 2.24. The van der Waals surface area contributed by atoms with Crippen molar-refractivity contribution in [3.05, 3.63) is 0 Å². The predicted molar refractivity (Wildman–Crippen MR) is 76.3 cm³/mol. The lowest BCUT2D eigenvalue weighted by atomic mass is 9.53. The van der Waals surface area contributed by atoms with E-state index >= 15 is 0 Å². The molecular formula is C17H25NO3. The maximum Gasteiger partial charge on any atom is 0.310 e. The molecule has 0 aromatic carbocycles. The Morgan fingerprint density at radius 1 is 1.33 bits per heavy atom. The van der Waals surface area contributed by atoms with Crippen molar-refractivity contribution in [1.29, 1.82) is 0 Å². The van der Waals surface area contributed by atoms with Gasteiger partial charge in [-0.05, 0) is 30.6 Å². The van der Waals surface area contributed by atoms with Crippen LogP contribution < -0.4 is 0 Å². The lowest BCUT2D eigenvalue weighted by Crippen LogP contribution is -2.66. The van der Waals surface area contributed by atoms with Crippen LogP contribution in [0.25, 0.3) is 0 Å². The van der Waals surface area contributed by atoms with Gasteiger partial charge in [0.2, 0.25) is 0 Å². The molecule has 0 radical (unpaired) electrons. The summed E-state index contributed by atoms with van der Waals surface area (Å²) in [5.74, 6) is 2.09. The first-order chi connectivity index (χ1) is 10.0. The van der Waals surface area contributed by atoms with Gasteiger partial charge >= 0.3 is 5.97 Å². The van der Waals surface area contributed by atoms with Crippen LogP contribution in [0.15, 0.2) is 0 Å². The first kappa shape index (κ1) is 12.9. The van der Waals surface area contributed by atoms with E-state index < -0.39 is 0 Å². The third-order valence-corrected chi connectivity index (χ3v) is 7.68. The van der Waals surface area contributed by atoms with Crippen molar-refractivity contribution in [3.8, 4) is 0 Å². The summed E-state index contributed by atoms with van der Waals surface area (Å²) in [4.78, 5) is 15.1. The van der Waals surface area contributed by atoms with E-state index in [1.165, 1.54) is 12.8 Å². The summed E-state index contributed by atoms with van der Waals surface area (Å²) in [5.41, 5.74) is -0.215. The zero-order valence-electron chi connectivity index (χ0n) is 13.2. The minimum atomic E-state index is -0.323. The van der Waals surface area contributed by atoms with Crippen LogP contribution in [0.1, 0.15) is 33.6 Å². The summed E-state index contributed by atoms with van der Waals surface area (Å²) in [6.45, 7) is 9.82. The van der Waals surface area contributed by atoms with Crippen molar-refractivity contribution < 1.29 is 14.3 Å². The highest BCUT2D eigenvalue weighted by atomic mass is 16.6. The van der Waals surface area contributed by atoms with Gasteiger partial charge in [-0.25, -0.2) is 0 Å². The van der Waals surface area contributed by atoms with Crippen LogP contribution in [0.2, 0.25) is 0 Å². The Labute approximate surface area is 126 Å². The molecule has 5 rings (SSSR count). The van der Waals surface area contributed by atoms with E-state index in [2.05, 4.69) is 25.7 Å². The maximum atomic E-state index is 12.6. The standard InChI is InChI=1S/C17H25NO3/c1-9(2)12-13-11-5-4-10-8-18-6-7-20-17(18,16(10,11)3)14(12)21-15(13)19/h9-14H,4-8H2,1-3H3/t10-,11+,12+,13+,14-,16+,17+/m1/s1. The second-order valence-electron chi connectivity index (χ2n) is 8.36. The first-order valence-electron chi connectivity index (χ1n) is 8.61. The van der Waals surface area contributed by atoms with E-state index in [0.717, 1.165) is 19.7 Å². The van der Waals surface area contributed by atoms with Gasteiger partial charge in [0, 0.05) is 24.4 Å². The molecule has 0 unspecified atom stereocenters. The summed E-state index contributed by atoms with van der Waals surface area (Å²) in [6.07, 6.45) is 2.38.